The van der Waals surface area contributed by atoms with Crippen LogP contribution in [-0.4, -0.2) is 21.7 Å². The molecule has 0 unspecified atom stereocenters. The lowest BCUT2D eigenvalue weighted by molar-refractivity contribution is 0.953. The first-order valence-corrected chi connectivity index (χ1v) is 3.46. The van der Waals surface area contributed by atoms with E-state index >= 15 is 0 Å². The molecule has 4 heteroatoms. The number of H-pyrrole nitrogens is 1. The van der Waals surface area contributed by atoms with E-state index in [4.69, 9.17) is 0 Å². The highest BCUT2D eigenvalue weighted by Crippen LogP contribution is 1.95. The van der Waals surface area contributed by atoms with E-state index < -0.39 is 0 Å². The van der Waals surface area contributed by atoms with Gasteiger partial charge in [0.1, 0.15) is 5.82 Å². The average molecular weight is 140 g/mol. The highest BCUT2D eigenvalue weighted by Gasteiger charge is 1.94. The van der Waals surface area contributed by atoms with Crippen molar-refractivity contribution in [2.75, 3.05) is 11.9 Å². The van der Waals surface area contributed by atoms with Gasteiger partial charge in [0.15, 0.2) is 0 Å². The van der Waals surface area contributed by atoms with Gasteiger partial charge >= 0.3 is 0 Å². The minimum absolute atomic E-state index is 0.694. The molecule has 4 nitrogen and oxygen atoms in total. The van der Waals surface area contributed by atoms with Crippen LogP contribution >= 0.6 is 0 Å². The van der Waals surface area contributed by atoms with Crippen molar-refractivity contribution in [1.29, 1.82) is 0 Å². The molecule has 1 aromatic rings. The van der Waals surface area contributed by atoms with Gasteiger partial charge in [-0.1, -0.05) is 6.92 Å². The summed E-state index contributed by atoms with van der Waals surface area (Å²) in [7, 11) is 0. The monoisotopic (exact) mass is 140 g/mol. The van der Waals surface area contributed by atoms with Gasteiger partial charge in [0, 0.05) is 6.54 Å². The third-order valence-corrected chi connectivity index (χ3v) is 1.13. The summed E-state index contributed by atoms with van der Waals surface area (Å²) in [5, 5.41) is 9.72. The van der Waals surface area contributed by atoms with Crippen LogP contribution in [0.5, 0.6) is 0 Å². The largest absolute Gasteiger partial charge is 0.353 e. The van der Waals surface area contributed by atoms with Gasteiger partial charge in [-0.15, -0.1) is 5.10 Å². The Hall–Kier alpha value is -1.06. The Bertz CT molecular complexity index is 193. The number of hydrogen-bond donors (Lipinski definition) is 2. The molecular formula is C6H12N4. The molecule has 1 heterocycles. The third-order valence-electron chi connectivity index (χ3n) is 1.13. The average Bonchev–Trinajstić information content (AvgIpc) is 2.31. The Morgan fingerprint density at radius 2 is 2.40 bits per heavy atom. The van der Waals surface area contributed by atoms with Crippen molar-refractivity contribution in [2.24, 2.45) is 0 Å². The Morgan fingerprint density at radius 3 is 2.90 bits per heavy atom. The maximum Gasteiger partial charge on any atom is 0.242 e. The molecule has 0 atom stereocenters. The van der Waals surface area contributed by atoms with Crippen LogP contribution < -0.4 is 5.32 Å². The zero-order valence-corrected chi connectivity index (χ0v) is 6.31. The lowest BCUT2D eigenvalue weighted by Crippen LogP contribution is -2.00. The molecule has 1 aromatic heterocycles. The van der Waals surface area contributed by atoms with Crippen LogP contribution in [0.1, 0.15) is 19.2 Å². The SMILES string of the molecule is CCCNc1n[nH]c(C)n1. The van der Waals surface area contributed by atoms with Gasteiger partial charge in [-0.05, 0) is 13.3 Å². The second-order valence-corrected chi connectivity index (χ2v) is 2.17. The lowest BCUT2D eigenvalue weighted by Gasteiger charge is -1.94. The van der Waals surface area contributed by atoms with Gasteiger partial charge in [0.25, 0.3) is 0 Å². The van der Waals surface area contributed by atoms with Gasteiger partial charge in [0.05, 0.1) is 0 Å². The second kappa shape index (κ2) is 3.20. The molecular weight excluding hydrogens is 128 g/mol. The number of rotatable bonds is 3. The Balaban J connectivity index is 2.42. The fraction of sp³-hybridized carbons (Fsp3) is 0.667. The highest BCUT2D eigenvalue weighted by molar-refractivity contribution is 5.21. The first-order valence-electron chi connectivity index (χ1n) is 3.46. The fourth-order valence-corrected chi connectivity index (χ4v) is 0.659. The molecule has 0 bridgehead atoms. The van der Waals surface area contributed by atoms with Gasteiger partial charge < -0.3 is 5.32 Å². The topological polar surface area (TPSA) is 53.6 Å². The van der Waals surface area contributed by atoms with Gasteiger partial charge in [-0.3, -0.25) is 5.10 Å². The molecule has 0 aliphatic heterocycles. The second-order valence-electron chi connectivity index (χ2n) is 2.17. The normalized spacial score (nSPS) is 9.80. The molecule has 0 aliphatic carbocycles. The standard InChI is InChI=1S/C6H12N4/c1-3-4-7-6-8-5(2)9-10-6/h3-4H2,1-2H3,(H2,7,8,9,10). The molecule has 10 heavy (non-hydrogen) atoms. The lowest BCUT2D eigenvalue weighted by atomic mass is 10.5. The zero-order chi connectivity index (χ0) is 7.40. The van der Waals surface area contributed by atoms with E-state index in [0.29, 0.717) is 5.95 Å². The van der Waals surface area contributed by atoms with Crippen LogP contribution in [0.2, 0.25) is 0 Å². The van der Waals surface area contributed by atoms with Crippen LogP contribution in [0.25, 0.3) is 0 Å². The maximum atomic E-state index is 4.07. The number of hydrogen-bond acceptors (Lipinski definition) is 3. The van der Waals surface area contributed by atoms with Crippen molar-refractivity contribution in [3.05, 3.63) is 5.82 Å². The van der Waals surface area contributed by atoms with Crippen molar-refractivity contribution in [3.63, 3.8) is 0 Å². The van der Waals surface area contributed by atoms with E-state index in [0.717, 1.165) is 18.8 Å². The van der Waals surface area contributed by atoms with Crippen molar-refractivity contribution >= 4 is 5.95 Å². The van der Waals surface area contributed by atoms with Crippen LogP contribution in [0.15, 0.2) is 0 Å². The predicted octanol–water partition coefficient (Wildman–Crippen LogP) is 0.935. The highest BCUT2D eigenvalue weighted by atomic mass is 15.3. The van der Waals surface area contributed by atoms with Gasteiger partial charge in [-0.2, -0.15) is 4.98 Å². The summed E-state index contributed by atoms with van der Waals surface area (Å²) in [6.07, 6.45) is 1.09. The Labute approximate surface area is 60.1 Å². The maximum absolute atomic E-state index is 4.07. The fourth-order valence-electron chi connectivity index (χ4n) is 0.659. The number of aryl methyl sites for hydroxylation is 1. The molecule has 0 radical (unpaired) electrons. The summed E-state index contributed by atoms with van der Waals surface area (Å²) in [4.78, 5) is 4.07. The molecule has 0 aliphatic rings. The van der Waals surface area contributed by atoms with Crippen LogP contribution in [0, 0.1) is 6.92 Å². The summed E-state index contributed by atoms with van der Waals surface area (Å²) < 4.78 is 0. The third kappa shape index (κ3) is 1.72. The molecule has 0 spiro atoms. The zero-order valence-electron chi connectivity index (χ0n) is 6.31. The number of aromatic nitrogens is 3. The summed E-state index contributed by atoms with van der Waals surface area (Å²) in [5.74, 6) is 1.54. The summed E-state index contributed by atoms with van der Waals surface area (Å²) in [6.45, 7) is 4.91. The molecule has 0 fully saturated rings. The molecule has 2 N–H and O–H groups in total. The van der Waals surface area contributed by atoms with Crippen molar-refractivity contribution in [3.8, 4) is 0 Å². The van der Waals surface area contributed by atoms with Crippen LogP contribution in [0.4, 0.5) is 5.95 Å². The Kier molecular flexibility index (Phi) is 2.25. The van der Waals surface area contributed by atoms with Crippen LogP contribution in [0.3, 0.4) is 0 Å². The minimum atomic E-state index is 0.694. The number of nitrogens with one attached hydrogen (secondary N) is 2. The number of aromatic amines is 1. The predicted molar refractivity (Wildman–Crippen MR) is 39.9 cm³/mol. The van der Waals surface area contributed by atoms with E-state index in [2.05, 4.69) is 27.4 Å². The van der Waals surface area contributed by atoms with Crippen molar-refractivity contribution in [1.82, 2.24) is 15.2 Å². The minimum Gasteiger partial charge on any atom is -0.353 e. The molecule has 0 saturated carbocycles. The van der Waals surface area contributed by atoms with E-state index in [9.17, 15) is 0 Å². The van der Waals surface area contributed by atoms with E-state index in [1.165, 1.54) is 0 Å². The summed E-state index contributed by atoms with van der Waals surface area (Å²) in [5.41, 5.74) is 0. The van der Waals surface area contributed by atoms with Crippen molar-refractivity contribution in [2.45, 2.75) is 20.3 Å². The first-order chi connectivity index (χ1) is 4.83. The molecule has 56 valence electrons. The number of anilines is 1. The van der Waals surface area contributed by atoms with Crippen molar-refractivity contribution < 1.29 is 0 Å². The van der Waals surface area contributed by atoms with E-state index in [-0.39, 0.29) is 0 Å². The number of nitrogens with zero attached hydrogens (tertiary/aromatic N) is 2. The molecule has 0 aromatic carbocycles. The summed E-state index contributed by atoms with van der Waals surface area (Å²) >= 11 is 0. The quantitative estimate of drug-likeness (QED) is 0.656. The molecule has 0 amide bonds. The smallest absolute Gasteiger partial charge is 0.242 e. The summed E-state index contributed by atoms with van der Waals surface area (Å²) in [6, 6.07) is 0. The van der Waals surface area contributed by atoms with E-state index in [1.807, 2.05) is 6.92 Å². The first kappa shape index (κ1) is 7.05. The molecule has 0 saturated heterocycles. The van der Waals surface area contributed by atoms with Gasteiger partial charge in [0.2, 0.25) is 5.95 Å². The molecule has 1 rings (SSSR count). The Morgan fingerprint density at radius 1 is 1.60 bits per heavy atom. The van der Waals surface area contributed by atoms with Crippen LogP contribution in [-0.2, 0) is 0 Å². The van der Waals surface area contributed by atoms with E-state index in [1.54, 1.807) is 0 Å². The van der Waals surface area contributed by atoms with Gasteiger partial charge in [-0.25, -0.2) is 0 Å².